The molecule has 3 heterocycles. The van der Waals surface area contributed by atoms with Crippen molar-refractivity contribution < 1.29 is 45.6 Å². The lowest BCUT2D eigenvalue weighted by molar-refractivity contribution is 0.0291. The summed E-state index contributed by atoms with van der Waals surface area (Å²) in [6.07, 6.45) is -1.54. The van der Waals surface area contributed by atoms with E-state index in [0.717, 1.165) is 25.5 Å². The number of halogens is 4. The maximum atomic E-state index is 13.2. The number of thioether (sulfide) groups is 1. The van der Waals surface area contributed by atoms with Crippen LogP contribution in [0.3, 0.4) is 0 Å². The summed E-state index contributed by atoms with van der Waals surface area (Å²) < 4.78 is 83.6. The van der Waals surface area contributed by atoms with Crippen LogP contribution in [0.25, 0.3) is 0 Å². The highest BCUT2D eigenvalue weighted by Crippen LogP contribution is 2.38. The van der Waals surface area contributed by atoms with Crippen molar-refractivity contribution in [2.45, 2.75) is 99.1 Å². The van der Waals surface area contributed by atoms with E-state index in [2.05, 4.69) is 30.6 Å². The first-order valence-electron chi connectivity index (χ1n) is 14.4. The first-order chi connectivity index (χ1) is 21.2. The van der Waals surface area contributed by atoms with Gasteiger partial charge in [0.1, 0.15) is 16.9 Å². The Kier molecular flexibility index (Phi) is 11.5. The van der Waals surface area contributed by atoms with Gasteiger partial charge in [-0.25, -0.2) is 40.3 Å². The number of aliphatic hydroxyl groups excluding tert-OH is 1. The molecule has 252 valence electrons. The number of alkyl halides is 4. The first-order valence-corrected chi connectivity index (χ1v) is 16.9. The van der Waals surface area contributed by atoms with Gasteiger partial charge in [0, 0.05) is 12.6 Å². The van der Waals surface area contributed by atoms with Crippen LogP contribution >= 0.6 is 11.8 Å². The molecule has 2 aromatic rings. The van der Waals surface area contributed by atoms with Crippen molar-refractivity contribution in [1.29, 1.82) is 0 Å². The van der Waals surface area contributed by atoms with Gasteiger partial charge < -0.3 is 25.7 Å². The van der Waals surface area contributed by atoms with Gasteiger partial charge in [-0.3, -0.25) is 4.79 Å². The Morgan fingerprint density at radius 1 is 1.16 bits per heavy atom. The van der Waals surface area contributed by atoms with Crippen LogP contribution in [0.15, 0.2) is 26.8 Å². The van der Waals surface area contributed by atoms with Gasteiger partial charge in [0.2, 0.25) is 22.1 Å². The number of carbonyl (C=O) groups is 1. The van der Waals surface area contributed by atoms with Gasteiger partial charge in [0.15, 0.2) is 5.03 Å². The highest BCUT2D eigenvalue weighted by atomic mass is 32.2. The maximum absolute atomic E-state index is 13.2. The third kappa shape index (κ3) is 8.96. The molecule has 0 aromatic carbocycles. The van der Waals surface area contributed by atoms with Crippen molar-refractivity contribution in [3.8, 4) is 0 Å². The van der Waals surface area contributed by atoms with Gasteiger partial charge in [-0.05, 0) is 49.3 Å². The fourth-order valence-electron chi connectivity index (χ4n) is 5.57. The summed E-state index contributed by atoms with van der Waals surface area (Å²) in [5, 5.41) is 34.5. The zero-order valence-corrected chi connectivity index (χ0v) is 26.3. The van der Waals surface area contributed by atoms with Crippen molar-refractivity contribution in [3.63, 3.8) is 0 Å². The molecule has 1 saturated carbocycles. The molecular weight excluding hydrogens is 646 g/mol. The van der Waals surface area contributed by atoms with E-state index in [0.29, 0.717) is 37.6 Å². The number of aromatic nitrogens is 3. The molecule has 1 amide bonds. The van der Waals surface area contributed by atoms with Gasteiger partial charge in [-0.1, -0.05) is 31.0 Å². The number of rotatable bonds is 15. The van der Waals surface area contributed by atoms with E-state index in [4.69, 9.17) is 0 Å². The molecule has 0 unspecified atom stereocenters. The standard InChI is InChI=1S/C26H37F4N7O6S2/c1-26(2,40)17-8-9-37(17)15-10-20(31-11-16(15)45(41,42)32-12-18(27)28)33-23(38)21(14-6-4-3-5-7-14)34-24(39)22-25(36-43-35-22)44-13-19(29)30/h10-11,14,17-19,21,23,32,38,40H,3-9,12-13H2,1-2H3,(H,31,33)(H,34,39)/t17-,21+,23+/m1/s1. The molecule has 1 aliphatic carbocycles. The summed E-state index contributed by atoms with van der Waals surface area (Å²) >= 11 is 0.601. The molecule has 5 N–H and O–H groups in total. The van der Waals surface area contributed by atoms with E-state index in [9.17, 15) is 41.0 Å². The minimum absolute atomic E-state index is 0.0121. The minimum atomic E-state index is -4.44. The number of carbonyl (C=O) groups excluding carboxylic acids is 1. The molecule has 3 atom stereocenters. The average molecular weight is 684 g/mol. The van der Waals surface area contributed by atoms with E-state index in [1.54, 1.807) is 18.7 Å². The van der Waals surface area contributed by atoms with Crippen LogP contribution < -0.4 is 20.3 Å². The van der Waals surface area contributed by atoms with E-state index >= 15 is 0 Å². The number of amides is 1. The lowest BCUT2D eigenvalue weighted by atomic mass is 9.83. The second-order valence-corrected chi connectivity index (χ2v) is 14.3. The normalized spacial score (nSPS) is 19.4. The molecular formula is C26H37F4N7O6S2. The second kappa shape index (κ2) is 14.8. The molecule has 45 heavy (non-hydrogen) atoms. The largest absolute Gasteiger partial charge is 0.388 e. The summed E-state index contributed by atoms with van der Waals surface area (Å²) in [5.74, 6) is -1.61. The summed E-state index contributed by atoms with van der Waals surface area (Å²) in [6, 6.07) is -0.0838. The SMILES string of the molecule is CC(C)(O)[C@H]1CCN1c1cc(N[C@@H](O)[C@@H](NC(=O)c2nonc2SCC(F)F)C2CCCCC2)ncc1S(=O)(=O)NCC(F)F. The Labute approximate surface area is 261 Å². The molecule has 19 heteroatoms. The summed E-state index contributed by atoms with van der Waals surface area (Å²) in [4.78, 5) is 18.5. The summed E-state index contributed by atoms with van der Waals surface area (Å²) in [5.41, 5.74) is -1.46. The van der Waals surface area contributed by atoms with Crippen LogP contribution in [0.2, 0.25) is 0 Å². The number of nitrogens with one attached hydrogen (secondary N) is 3. The van der Waals surface area contributed by atoms with Crippen LogP contribution in [0.1, 0.15) is 62.9 Å². The minimum Gasteiger partial charge on any atom is -0.388 e. The van der Waals surface area contributed by atoms with Gasteiger partial charge in [-0.15, -0.1) is 0 Å². The summed E-state index contributed by atoms with van der Waals surface area (Å²) in [7, 11) is -4.44. The molecule has 0 bridgehead atoms. The Morgan fingerprint density at radius 3 is 2.47 bits per heavy atom. The third-order valence-electron chi connectivity index (χ3n) is 7.82. The Balaban J connectivity index is 1.61. The van der Waals surface area contributed by atoms with Crippen LogP contribution in [0.4, 0.5) is 29.1 Å². The Morgan fingerprint density at radius 2 is 1.87 bits per heavy atom. The monoisotopic (exact) mass is 683 g/mol. The quantitative estimate of drug-likeness (QED) is 0.105. The third-order valence-corrected chi connectivity index (χ3v) is 10.2. The lowest BCUT2D eigenvalue weighted by Crippen LogP contribution is -2.59. The maximum Gasteiger partial charge on any atom is 0.276 e. The molecule has 13 nitrogen and oxygen atoms in total. The number of pyridine rings is 1. The predicted octanol–water partition coefficient (Wildman–Crippen LogP) is 2.82. The van der Waals surface area contributed by atoms with Crippen LogP contribution in [-0.4, -0.2) is 95.4 Å². The predicted molar refractivity (Wildman–Crippen MR) is 156 cm³/mol. The van der Waals surface area contributed by atoms with Gasteiger partial charge in [0.05, 0.1) is 41.9 Å². The number of sulfonamides is 1. The Hall–Kier alpha value is -2.74. The number of anilines is 2. The van der Waals surface area contributed by atoms with Crippen molar-refractivity contribution in [2.24, 2.45) is 5.92 Å². The number of nitrogens with zero attached hydrogens (tertiary/aromatic N) is 4. The lowest BCUT2D eigenvalue weighted by Gasteiger charge is -2.49. The number of hydrogen-bond donors (Lipinski definition) is 5. The highest BCUT2D eigenvalue weighted by Gasteiger charge is 2.41. The molecule has 0 radical (unpaired) electrons. The molecule has 0 spiro atoms. The van der Waals surface area contributed by atoms with Crippen LogP contribution in [0.5, 0.6) is 0 Å². The molecule has 1 saturated heterocycles. The topological polar surface area (TPSA) is 183 Å². The van der Waals surface area contributed by atoms with Crippen molar-refractivity contribution in [1.82, 2.24) is 25.3 Å². The van der Waals surface area contributed by atoms with Crippen molar-refractivity contribution >= 4 is 39.2 Å². The van der Waals surface area contributed by atoms with Crippen molar-refractivity contribution in [2.75, 3.05) is 29.1 Å². The fraction of sp³-hybridized carbons (Fsp3) is 0.692. The van der Waals surface area contributed by atoms with Crippen LogP contribution in [-0.2, 0) is 10.0 Å². The molecule has 2 fully saturated rings. The zero-order chi connectivity index (χ0) is 32.9. The van der Waals surface area contributed by atoms with E-state index in [1.807, 2.05) is 4.72 Å². The zero-order valence-electron chi connectivity index (χ0n) is 24.6. The van der Waals surface area contributed by atoms with Crippen LogP contribution in [0, 0.1) is 5.92 Å². The first kappa shape index (κ1) is 35.1. The molecule has 1 aliphatic heterocycles. The summed E-state index contributed by atoms with van der Waals surface area (Å²) in [6.45, 7) is 2.38. The average Bonchev–Trinajstić information content (AvgIpc) is 3.41. The molecule has 2 aromatic heterocycles. The Bertz CT molecular complexity index is 1410. The second-order valence-electron chi connectivity index (χ2n) is 11.5. The van der Waals surface area contributed by atoms with E-state index in [1.165, 1.54) is 6.07 Å². The number of hydrogen-bond acceptors (Lipinski definition) is 12. The highest BCUT2D eigenvalue weighted by molar-refractivity contribution is 7.99. The molecule has 2 aliphatic rings. The van der Waals surface area contributed by atoms with E-state index in [-0.39, 0.29) is 33.0 Å². The smallest absolute Gasteiger partial charge is 0.276 e. The van der Waals surface area contributed by atoms with Gasteiger partial charge in [-0.2, -0.15) is 0 Å². The molecule has 4 rings (SSSR count). The fourth-order valence-corrected chi connectivity index (χ4v) is 7.35. The van der Waals surface area contributed by atoms with Gasteiger partial charge in [0.25, 0.3) is 12.3 Å². The van der Waals surface area contributed by atoms with Crippen molar-refractivity contribution in [3.05, 3.63) is 18.0 Å². The van der Waals surface area contributed by atoms with E-state index < -0.39 is 65.0 Å². The number of aliphatic hydroxyl groups is 2. The van der Waals surface area contributed by atoms with Gasteiger partial charge >= 0.3 is 0 Å².